The third-order valence-electron chi connectivity index (χ3n) is 5.11. The van der Waals surface area contributed by atoms with Crippen molar-refractivity contribution >= 4 is 5.91 Å². The van der Waals surface area contributed by atoms with Crippen molar-refractivity contribution in [3.8, 4) is 0 Å². The summed E-state index contributed by atoms with van der Waals surface area (Å²) >= 11 is 0. The maximum absolute atomic E-state index is 11.7. The van der Waals surface area contributed by atoms with Crippen LogP contribution in [0.3, 0.4) is 0 Å². The van der Waals surface area contributed by atoms with Crippen molar-refractivity contribution in [1.29, 1.82) is 0 Å². The minimum Gasteiger partial charge on any atom is -0.356 e. The van der Waals surface area contributed by atoms with Gasteiger partial charge in [0.05, 0.1) is 0 Å². The molecule has 0 spiro atoms. The highest BCUT2D eigenvalue weighted by Crippen LogP contribution is 2.12. The van der Waals surface area contributed by atoms with E-state index in [9.17, 15) is 4.79 Å². The van der Waals surface area contributed by atoms with Crippen LogP contribution >= 0.6 is 0 Å². The number of rotatable bonds is 20. The molecule has 1 N–H and O–H groups in total. The Balaban J connectivity index is 0. The van der Waals surface area contributed by atoms with Crippen LogP contribution in [0.4, 0.5) is 0 Å². The highest BCUT2D eigenvalue weighted by molar-refractivity contribution is 5.75. The van der Waals surface area contributed by atoms with E-state index in [1.165, 1.54) is 103 Å². The van der Waals surface area contributed by atoms with Crippen LogP contribution in [0.25, 0.3) is 0 Å². The Morgan fingerprint density at radius 3 is 1.26 bits per heavy atom. The Hall–Kier alpha value is -0.530. The van der Waals surface area contributed by atoms with Gasteiger partial charge in [-0.2, -0.15) is 0 Å². The van der Waals surface area contributed by atoms with Gasteiger partial charge in [0.15, 0.2) is 0 Å². The van der Waals surface area contributed by atoms with Gasteiger partial charge in [0.25, 0.3) is 0 Å². The summed E-state index contributed by atoms with van der Waals surface area (Å²) in [5.74, 6) is 0.263. The molecular formula is C25H53NO. The Labute approximate surface area is 172 Å². The predicted molar refractivity (Wildman–Crippen MR) is 123 cm³/mol. The Morgan fingerprint density at radius 1 is 0.519 bits per heavy atom. The molecule has 0 rings (SSSR count). The molecule has 0 atom stereocenters. The first-order valence-electron chi connectivity index (χ1n) is 12.6. The summed E-state index contributed by atoms with van der Waals surface area (Å²) in [5, 5.41) is 3.06. The van der Waals surface area contributed by atoms with Gasteiger partial charge in [-0.1, -0.05) is 130 Å². The lowest BCUT2D eigenvalue weighted by atomic mass is 10.0. The normalized spacial score (nSPS) is 10.4. The summed E-state index contributed by atoms with van der Waals surface area (Å²) in [7, 11) is 0. The van der Waals surface area contributed by atoms with Gasteiger partial charge in [-0.05, 0) is 12.8 Å². The first kappa shape index (κ1) is 28.7. The van der Waals surface area contributed by atoms with Gasteiger partial charge in [0, 0.05) is 13.0 Å². The minimum atomic E-state index is 0.263. The highest BCUT2D eigenvalue weighted by Gasteiger charge is 2.00. The molecule has 0 aromatic carbocycles. The van der Waals surface area contributed by atoms with Crippen LogP contribution < -0.4 is 5.32 Å². The molecule has 0 fully saturated rings. The molecule has 27 heavy (non-hydrogen) atoms. The molecule has 0 aromatic rings. The number of carbonyl (C=O) groups excluding carboxylic acids is 1. The second kappa shape index (κ2) is 27.7. The molecular weight excluding hydrogens is 330 g/mol. The summed E-state index contributed by atoms with van der Waals surface area (Å²) in [5.41, 5.74) is 0. The lowest BCUT2D eigenvalue weighted by Crippen LogP contribution is -2.23. The average Bonchev–Trinajstić information content (AvgIpc) is 2.69. The Kier molecular flexibility index (Phi) is 29.4. The van der Waals surface area contributed by atoms with Gasteiger partial charge in [-0.25, -0.2) is 0 Å². The van der Waals surface area contributed by atoms with Gasteiger partial charge in [0.1, 0.15) is 0 Å². The first-order valence-corrected chi connectivity index (χ1v) is 12.6. The smallest absolute Gasteiger partial charge is 0.219 e. The molecule has 0 aliphatic heterocycles. The largest absolute Gasteiger partial charge is 0.356 e. The van der Waals surface area contributed by atoms with E-state index in [0.717, 1.165) is 25.8 Å². The second-order valence-corrected chi connectivity index (χ2v) is 7.76. The van der Waals surface area contributed by atoms with E-state index in [0.29, 0.717) is 0 Å². The maximum atomic E-state index is 11.7. The van der Waals surface area contributed by atoms with Crippen LogP contribution in [0.15, 0.2) is 0 Å². The van der Waals surface area contributed by atoms with E-state index >= 15 is 0 Å². The fraction of sp³-hybridized carbons (Fsp3) is 0.960. The van der Waals surface area contributed by atoms with Crippen molar-refractivity contribution in [2.45, 2.75) is 150 Å². The summed E-state index contributed by atoms with van der Waals surface area (Å²) in [6.45, 7) is 9.39. The van der Waals surface area contributed by atoms with E-state index < -0.39 is 0 Å². The fourth-order valence-corrected chi connectivity index (χ4v) is 3.35. The third kappa shape index (κ3) is 27.8. The average molecular weight is 384 g/mol. The lowest BCUT2D eigenvalue weighted by molar-refractivity contribution is -0.121. The third-order valence-corrected chi connectivity index (χ3v) is 5.11. The molecule has 0 aliphatic rings. The standard InChI is InChI=1S/C23H47NO.C2H6/c1-3-5-7-9-10-11-12-13-14-15-16-17-19-21-23(25)24-22-20-18-8-6-4-2;1-2/h3-22H2,1-2H3,(H,24,25);1-2H3. The first-order chi connectivity index (χ1) is 13.3. The molecule has 0 radical (unpaired) electrons. The zero-order chi connectivity index (χ0) is 20.4. The zero-order valence-corrected chi connectivity index (χ0v) is 19.6. The highest BCUT2D eigenvalue weighted by atomic mass is 16.1. The molecule has 2 heteroatoms. The number of hydrogen-bond acceptors (Lipinski definition) is 1. The maximum Gasteiger partial charge on any atom is 0.219 e. The molecule has 0 aliphatic carbocycles. The van der Waals surface area contributed by atoms with Crippen LogP contribution in [0.5, 0.6) is 0 Å². The fourth-order valence-electron chi connectivity index (χ4n) is 3.35. The molecule has 0 aromatic heterocycles. The number of unbranched alkanes of at least 4 members (excludes halogenated alkanes) is 16. The summed E-state index contributed by atoms with van der Waals surface area (Å²) in [6.07, 6.45) is 24.7. The van der Waals surface area contributed by atoms with Gasteiger partial charge in [-0.3, -0.25) is 4.79 Å². The van der Waals surface area contributed by atoms with Crippen molar-refractivity contribution in [3.63, 3.8) is 0 Å². The molecule has 2 nitrogen and oxygen atoms in total. The van der Waals surface area contributed by atoms with Crippen LogP contribution in [-0.2, 0) is 4.79 Å². The number of carbonyl (C=O) groups is 1. The molecule has 0 saturated heterocycles. The van der Waals surface area contributed by atoms with Crippen LogP contribution in [0.1, 0.15) is 150 Å². The molecule has 164 valence electrons. The van der Waals surface area contributed by atoms with Gasteiger partial charge in [0.2, 0.25) is 5.91 Å². The number of nitrogens with one attached hydrogen (secondary N) is 1. The van der Waals surface area contributed by atoms with Crippen molar-refractivity contribution in [3.05, 3.63) is 0 Å². The molecule has 0 saturated carbocycles. The minimum absolute atomic E-state index is 0.263. The topological polar surface area (TPSA) is 29.1 Å². The Bertz CT molecular complexity index is 265. The zero-order valence-electron chi connectivity index (χ0n) is 19.6. The second-order valence-electron chi connectivity index (χ2n) is 7.76. The summed E-state index contributed by atoms with van der Waals surface area (Å²) < 4.78 is 0. The van der Waals surface area contributed by atoms with Crippen molar-refractivity contribution < 1.29 is 4.79 Å². The molecule has 1 amide bonds. The van der Waals surface area contributed by atoms with Crippen LogP contribution in [0, 0.1) is 0 Å². The van der Waals surface area contributed by atoms with Crippen LogP contribution in [-0.4, -0.2) is 12.5 Å². The van der Waals surface area contributed by atoms with Crippen molar-refractivity contribution in [2.24, 2.45) is 0 Å². The summed E-state index contributed by atoms with van der Waals surface area (Å²) in [4.78, 5) is 11.7. The van der Waals surface area contributed by atoms with E-state index in [1.807, 2.05) is 13.8 Å². The van der Waals surface area contributed by atoms with E-state index in [2.05, 4.69) is 19.2 Å². The molecule has 0 unspecified atom stereocenters. The monoisotopic (exact) mass is 383 g/mol. The van der Waals surface area contributed by atoms with E-state index in [4.69, 9.17) is 0 Å². The SMILES string of the molecule is CC.CCCCCCCCCCCCCCCC(=O)NCCCCCCC. The van der Waals surface area contributed by atoms with Crippen LogP contribution in [0.2, 0.25) is 0 Å². The van der Waals surface area contributed by atoms with Gasteiger partial charge in [-0.15, -0.1) is 0 Å². The van der Waals surface area contributed by atoms with Gasteiger partial charge >= 0.3 is 0 Å². The quantitative estimate of drug-likeness (QED) is 0.209. The Morgan fingerprint density at radius 2 is 0.852 bits per heavy atom. The van der Waals surface area contributed by atoms with E-state index in [1.54, 1.807) is 0 Å². The van der Waals surface area contributed by atoms with Crippen molar-refractivity contribution in [2.75, 3.05) is 6.54 Å². The van der Waals surface area contributed by atoms with Gasteiger partial charge < -0.3 is 5.32 Å². The van der Waals surface area contributed by atoms with Crippen molar-refractivity contribution in [1.82, 2.24) is 5.32 Å². The van der Waals surface area contributed by atoms with E-state index in [-0.39, 0.29) is 5.91 Å². The number of amides is 1. The molecule has 0 bridgehead atoms. The summed E-state index contributed by atoms with van der Waals surface area (Å²) in [6, 6.07) is 0. The lowest BCUT2D eigenvalue weighted by Gasteiger charge is -2.05. The number of hydrogen-bond donors (Lipinski definition) is 1. The molecule has 0 heterocycles. The predicted octanol–water partition coefficient (Wildman–Crippen LogP) is 8.58.